The Balaban J connectivity index is 2.19. The molecule has 1 atom stereocenters. The maximum atomic E-state index is 6.20. The van der Waals surface area contributed by atoms with Gasteiger partial charge in [0.05, 0.1) is 11.7 Å². The van der Waals surface area contributed by atoms with Crippen LogP contribution < -0.4 is 5.73 Å². The highest BCUT2D eigenvalue weighted by Gasteiger charge is 2.12. The average Bonchev–Trinajstić information content (AvgIpc) is 2.28. The minimum absolute atomic E-state index is 0.123. The molecule has 2 aromatic rings. The van der Waals surface area contributed by atoms with Crippen molar-refractivity contribution in [3.05, 3.63) is 61.2 Å². The fourth-order valence-corrected chi connectivity index (χ4v) is 3.44. The first kappa shape index (κ1) is 14.2. The van der Waals surface area contributed by atoms with Crippen molar-refractivity contribution in [2.75, 3.05) is 0 Å². The first-order valence-electron chi connectivity index (χ1n) is 5.37. The predicted octanol–water partition coefficient (Wildman–Crippen LogP) is 4.61. The van der Waals surface area contributed by atoms with Gasteiger partial charge in [-0.15, -0.1) is 0 Å². The predicted molar refractivity (Wildman–Crippen MR) is 84.4 cm³/mol. The van der Waals surface area contributed by atoms with Crippen LogP contribution in [0.1, 0.15) is 17.3 Å². The minimum atomic E-state index is -0.123. The van der Waals surface area contributed by atoms with E-state index in [0.717, 1.165) is 25.5 Å². The Hall–Kier alpha value is -0.230. The summed E-state index contributed by atoms with van der Waals surface area (Å²) in [6, 6.07) is 9.99. The van der Waals surface area contributed by atoms with Crippen molar-refractivity contribution in [2.24, 2.45) is 5.73 Å². The van der Waals surface area contributed by atoms with E-state index in [0.29, 0.717) is 0 Å². The van der Waals surface area contributed by atoms with Crippen LogP contribution in [0.3, 0.4) is 0 Å². The van der Waals surface area contributed by atoms with Gasteiger partial charge >= 0.3 is 0 Å². The van der Waals surface area contributed by atoms with Gasteiger partial charge < -0.3 is 5.73 Å². The van der Waals surface area contributed by atoms with Gasteiger partial charge in [0.2, 0.25) is 0 Å². The fourth-order valence-electron chi connectivity index (χ4n) is 1.71. The van der Waals surface area contributed by atoms with Crippen molar-refractivity contribution < 1.29 is 0 Å². The molecule has 0 fully saturated rings. The van der Waals surface area contributed by atoms with Gasteiger partial charge in [0.15, 0.2) is 0 Å². The van der Waals surface area contributed by atoms with Gasteiger partial charge in [0, 0.05) is 19.6 Å². The van der Waals surface area contributed by atoms with Crippen molar-refractivity contribution in [2.45, 2.75) is 12.5 Å². The van der Waals surface area contributed by atoms with Gasteiger partial charge in [-0.1, -0.05) is 28.1 Å². The molecule has 0 aliphatic heterocycles. The van der Waals surface area contributed by atoms with Crippen molar-refractivity contribution in [3.63, 3.8) is 0 Å². The molecule has 2 nitrogen and oxygen atoms in total. The molecule has 18 heavy (non-hydrogen) atoms. The second kappa shape index (κ2) is 6.28. The molecule has 94 valence electrons. The molecular weight excluding hydrogens is 424 g/mol. The molecule has 0 spiro atoms. The molecule has 1 aromatic carbocycles. The Kier molecular flexibility index (Phi) is 4.95. The highest BCUT2D eigenvalue weighted by molar-refractivity contribution is 9.11. The van der Waals surface area contributed by atoms with Crippen LogP contribution in [-0.2, 0) is 6.42 Å². The summed E-state index contributed by atoms with van der Waals surface area (Å²) >= 11 is 10.3. The number of nitrogens with zero attached hydrogens (tertiary/aromatic N) is 1. The molecule has 5 heteroatoms. The molecule has 1 aromatic heterocycles. The summed E-state index contributed by atoms with van der Waals surface area (Å²) in [6.07, 6.45) is 2.52. The summed E-state index contributed by atoms with van der Waals surface area (Å²) in [5.41, 5.74) is 8.27. The number of halogens is 3. The van der Waals surface area contributed by atoms with E-state index < -0.39 is 0 Å². The third kappa shape index (κ3) is 3.63. The second-order valence-electron chi connectivity index (χ2n) is 3.96. The van der Waals surface area contributed by atoms with Crippen LogP contribution in [0.25, 0.3) is 0 Å². The number of rotatable bonds is 3. The summed E-state index contributed by atoms with van der Waals surface area (Å²) in [7, 11) is 0. The largest absolute Gasteiger partial charge is 0.322 e. The lowest BCUT2D eigenvalue weighted by Crippen LogP contribution is -2.15. The first-order chi connectivity index (χ1) is 8.56. The van der Waals surface area contributed by atoms with E-state index in [9.17, 15) is 0 Å². The quantitative estimate of drug-likeness (QED) is 0.766. The van der Waals surface area contributed by atoms with E-state index in [4.69, 9.17) is 5.73 Å². The van der Waals surface area contributed by atoms with E-state index in [-0.39, 0.29) is 6.04 Å². The zero-order valence-corrected chi connectivity index (χ0v) is 14.2. The van der Waals surface area contributed by atoms with Gasteiger partial charge in [0.1, 0.15) is 0 Å². The SMILES string of the molecule is NC(Cc1cccc(Br)c1)c1ncc(Br)cc1Br. The van der Waals surface area contributed by atoms with Gasteiger partial charge in [-0.3, -0.25) is 4.98 Å². The summed E-state index contributed by atoms with van der Waals surface area (Å²) in [5.74, 6) is 0. The minimum Gasteiger partial charge on any atom is -0.322 e. The van der Waals surface area contributed by atoms with Crippen molar-refractivity contribution in [1.82, 2.24) is 4.98 Å². The molecule has 0 aliphatic rings. The van der Waals surface area contributed by atoms with Gasteiger partial charge in [-0.05, 0) is 62.0 Å². The maximum absolute atomic E-state index is 6.20. The van der Waals surface area contributed by atoms with Crippen LogP contribution in [0.15, 0.2) is 49.9 Å². The molecule has 2 rings (SSSR count). The van der Waals surface area contributed by atoms with E-state index in [1.54, 1.807) is 6.20 Å². The summed E-state index contributed by atoms with van der Waals surface area (Å²) < 4.78 is 2.93. The monoisotopic (exact) mass is 432 g/mol. The normalized spacial score (nSPS) is 12.4. The van der Waals surface area contributed by atoms with E-state index in [2.05, 4.69) is 64.9 Å². The van der Waals surface area contributed by atoms with Crippen LogP contribution >= 0.6 is 47.8 Å². The molecule has 2 N–H and O–H groups in total. The van der Waals surface area contributed by atoms with Gasteiger partial charge in [0.25, 0.3) is 0 Å². The number of aromatic nitrogens is 1. The van der Waals surface area contributed by atoms with Crippen LogP contribution in [0.4, 0.5) is 0 Å². The number of pyridine rings is 1. The smallest absolute Gasteiger partial charge is 0.0716 e. The maximum Gasteiger partial charge on any atom is 0.0716 e. The molecule has 0 bridgehead atoms. The van der Waals surface area contributed by atoms with Gasteiger partial charge in [-0.25, -0.2) is 0 Å². The van der Waals surface area contributed by atoms with Crippen molar-refractivity contribution in [1.29, 1.82) is 0 Å². The molecule has 0 amide bonds. The van der Waals surface area contributed by atoms with Crippen LogP contribution in [0.5, 0.6) is 0 Å². The highest BCUT2D eigenvalue weighted by Crippen LogP contribution is 2.26. The standard InChI is InChI=1S/C13H11Br3N2/c14-9-3-1-2-8(4-9)5-12(17)13-11(16)6-10(15)7-18-13/h1-4,6-7,12H,5,17H2. The number of hydrogen-bond acceptors (Lipinski definition) is 2. The van der Waals surface area contributed by atoms with Crippen LogP contribution in [0.2, 0.25) is 0 Å². The highest BCUT2D eigenvalue weighted by atomic mass is 79.9. The Morgan fingerprint density at radius 3 is 2.56 bits per heavy atom. The summed E-state index contributed by atoms with van der Waals surface area (Å²) in [6.45, 7) is 0. The Morgan fingerprint density at radius 1 is 1.11 bits per heavy atom. The Labute approximate surface area is 131 Å². The zero-order chi connectivity index (χ0) is 13.1. The lowest BCUT2D eigenvalue weighted by Gasteiger charge is -2.13. The van der Waals surface area contributed by atoms with Crippen molar-refractivity contribution >= 4 is 47.8 Å². The number of nitrogens with two attached hydrogens (primary N) is 1. The third-order valence-electron chi connectivity index (χ3n) is 2.53. The molecule has 0 radical (unpaired) electrons. The molecular formula is C13H11Br3N2. The first-order valence-corrected chi connectivity index (χ1v) is 7.75. The lowest BCUT2D eigenvalue weighted by molar-refractivity contribution is 0.691. The van der Waals surface area contributed by atoms with E-state index in [1.807, 2.05) is 18.2 Å². The molecule has 0 saturated carbocycles. The van der Waals surface area contributed by atoms with E-state index >= 15 is 0 Å². The number of benzene rings is 1. The average molecular weight is 435 g/mol. The lowest BCUT2D eigenvalue weighted by atomic mass is 10.0. The fraction of sp³-hybridized carbons (Fsp3) is 0.154. The Bertz CT molecular complexity index is 558. The van der Waals surface area contributed by atoms with Crippen molar-refractivity contribution in [3.8, 4) is 0 Å². The van der Waals surface area contributed by atoms with Gasteiger partial charge in [-0.2, -0.15) is 0 Å². The zero-order valence-electron chi connectivity index (χ0n) is 9.41. The Morgan fingerprint density at radius 2 is 1.89 bits per heavy atom. The molecule has 0 saturated heterocycles. The van der Waals surface area contributed by atoms with Crippen LogP contribution in [-0.4, -0.2) is 4.98 Å². The molecule has 1 heterocycles. The molecule has 1 unspecified atom stereocenters. The number of hydrogen-bond donors (Lipinski definition) is 1. The summed E-state index contributed by atoms with van der Waals surface area (Å²) in [4.78, 5) is 4.37. The third-order valence-corrected chi connectivity index (χ3v) is 4.09. The van der Waals surface area contributed by atoms with Crippen LogP contribution in [0, 0.1) is 0 Å². The second-order valence-corrected chi connectivity index (χ2v) is 6.65. The topological polar surface area (TPSA) is 38.9 Å². The molecule has 0 aliphatic carbocycles. The van der Waals surface area contributed by atoms with E-state index in [1.165, 1.54) is 5.56 Å². The summed E-state index contributed by atoms with van der Waals surface area (Å²) in [5, 5.41) is 0.